The van der Waals surface area contributed by atoms with Gasteiger partial charge in [-0.15, -0.1) is 0 Å². The molecule has 128 valence electrons. The van der Waals surface area contributed by atoms with Crippen molar-refractivity contribution in [1.82, 2.24) is 15.1 Å². The maximum absolute atomic E-state index is 11.8. The number of benzene rings is 1. The fourth-order valence-corrected chi connectivity index (χ4v) is 2.79. The predicted octanol–water partition coefficient (Wildman–Crippen LogP) is 0.833. The quantitative estimate of drug-likeness (QED) is 0.803. The lowest BCUT2D eigenvalue weighted by molar-refractivity contribution is -0.122. The van der Waals surface area contributed by atoms with E-state index in [1.165, 1.54) is 0 Å². The number of amides is 1. The molecule has 6 heteroatoms. The molecule has 2 fully saturated rings. The minimum Gasteiger partial charge on any atom is -0.492 e. The van der Waals surface area contributed by atoms with Crippen LogP contribution >= 0.6 is 0 Å². The molecule has 0 bridgehead atoms. The summed E-state index contributed by atoms with van der Waals surface area (Å²) in [5, 5.41) is 11.8. The molecule has 0 unspecified atom stereocenters. The summed E-state index contributed by atoms with van der Waals surface area (Å²) in [6.07, 6.45) is 2.28. The molecule has 1 N–H and O–H groups in total. The van der Waals surface area contributed by atoms with Gasteiger partial charge in [0.05, 0.1) is 18.2 Å². The molecule has 1 amide bonds. The normalized spacial score (nSPS) is 18.8. The highest BCUT2D eigenvalue weighted by Gasteiger charge is 2.25. The van der Waals surface area contributed by atoms with Gasteiger partial charge >= 0.3 is 0 Å². The molecule has 2 aliphatic rings. The van der Waals surface area contributed by atoms with E-state index in [4.69, 9.17) is 10.00 Å². The Balaban J connectivity index is 1.30. The van der Waals surface area contributed by atoms with Crippen molar-refractivity contribution in [3.63, 3.8) is 0 Å². The van der Waals surface area contributed by atoms with E-state index < -0.39 is 0 Å². The first kappa shape index (κ1) is 16.7. The molecule has 24 heavy (non-hydrogen) atoms. The Kier molecular flexibility index (Phi) is 5.68. The lowest BCUT2D eigenvalue weighted by atomic mass is 10.2. The van der Waals surface area contributed by atoms with Gasteiger partial charge in [-0.3, -0.25) is 14.6 Å². The summed E-state index contributed by atoms with van der Waals surface area (Å²) in [4.78, 5) is 16.4. The third kappa shape index (κ3) is 5.22. The Morgan fingerprint density at radius 1 is 1.17 bits per heavy atom. The molecule has 1 aromatic rings. The lowest BCUT2D eigenvalue weighted by Gasteiger charge is -2.34. The fraction of sp³-hybridized carbons (Fsp3) is 0.556. The van der Waals surface area contributed by atoms with Crippen molar-refractivity contribution in [1.29, 1.82) is 5.26 Å². The number of nitriles is 1. The van der Waals surface area contributed by atoms with E-state index in [1.807, 2.05) is 12.1 Å². The standard InChI is InChI=1S/C18H24N4O2/c19-13-15-1-5-17(6-2-15)24-12-11-21-7-9-22(10-8-21)14-18(23)20-16-3-4-16/h1-2,5-6,16H,3-4,7-12,14H2,(H,20,23). The number of hydrogen-bond acceptors (Lipinski definition) is 5. The van der Waals surface area contributed by atoms with Crippen LogP contribution in [0.25, 0.3) is 0 Å². The number of piperazine rings is 1. The second-order valence-electron chi connectivity index (χ2n) is 6.44. The van der Waals surface area contributed by atoms with Crippen LogP contribution in [0.4, 0.5) is 0 Å². The van der Waals surface area contributed by atoms with Gasteiger partial charge in [-0.1, -0.05) is 0 Å². The van der Waals surface area contributed by atoms with Gasteiger partial charge in [0.1, 0.15) is 12.4 Å². The van der Waals surface area contributed by atoms with Crippen molar-refractivity contribution < 1.29 is 9.53 Å². The van der Waals surface area contributed by atoms with Crippen LogP contribution in [0.1, 0.15) is 18.4 Å². The van der Waals surface area contributed by atoms with Gasteiger partial charge in [0.15, 0.2) is 0 Å². The van der Waals surface area contributed by atoms with E-state index >= 15 is 0 Å². The first-order chi connectivity index (χ1) is 11.7. The largest absolute Gasteiger partial charge is 0.492 e. The van der Waals surface area contributed by atoms with Crippen LogP contribution in [0.2, 0.25) is 0 Å². The van der Waals surface area contributed by atoms with Crippen molar-refractivity contribution in [2.75, 3.05) is 45.9 Å². The zero-order chi connectivity index (χ0) is 16.8. The van der Waals surface area contributed by atoms with E-state index in [1.54, 1.807) is 12.1 Å². The molecule has 1 saturated heterocycles. The first-order valence-corrected chi connectivity index (χ1v) is 8.60. The molecule has 0 radical (unpaired) electrons. The average molecular weight is 328 g/mol. The number of nitrogens with one attached hydrogen (secondary N) is 1. The lowest BCUT2D eigenvalue weighted by Crippen LogP contribution is -2.50. The van der Waals surface area contributed by atoms with E-state index in [0.29, 0.717) is 24.8 Å². The molecular formula is C18H24N4O2. The van der Waals surface area contributed by atoms with Gasteiger partial charge in [0.25, 0.3) is 0 Å². The third-order valence-electron chi connectivity index (χ3n) is 4.43. The molecule has 1 heterocycles. The monoisotopic (exact) mass is 328 g/mol. The van der Waals surface area contributed by atoms with Gasteiger partial charge in [-0.05, 0) is 37.1 Å². The number of rotatable bonds is 7. The molecule has 6 nitrogen and oxygen atoms in total. The Labute approximate surface area is 143 Å². The summed E-state index contributed by atoms with van der Waals surface area (Å²) in [5.74, 6) is 0.958. The zero-order valence-electron chi connectivity index (χ0n) is 13.9. The Morgan fingerprint density at radius 3 is 2.46 bits per heavy atom. The zero-order valence-corrected chi connectivity index (χ0v) is 13.9. The van der Waals surface area contributed by atoms with Gasteiger partial charge in [-0.2, -0.15) is 5.26 Å². The summed E-state index contributed by atoms with van der Waals surface area (Å²) in [6, 6.07) is 9.73. The van der Waals surface area contributed by atoms with Crippen LogP contribution in [0.15, 0.2) is 24.3 Å². The number of ether oxygens (including phenoxy) is 1. The van der Waals surface area contributed by atoms with Gasteiger partial charge in [0.2, 0.25) is 5.91 Å². The Hall–Kier alpha value is -2.10. The van der Waals surface area contributed by atoms with Crippen molar-refractivity contribution in [2.45, 2.75) is 18.9 Å². The van der Waals surface area contributed by atoms with Crippen molar-refractivity contribution in [3.8, 4) is 11.8 Å². The van der Waals surface area contributed by atoms with E-state index in [-0.39, 0.29) is 5.91 Å². The van der Waals surface area contributed by atoms with Crippen LogP contribution in [0.5, 0.6) is 5.75 Å². The third-order valence-corrected chi connectivity index (χ3v) is 4.43. The average Bonchev–Trinajstić information content (AvgIpc) is 3.41. The smallest absolute Gasteiger partial charge is 0.234 e. The minimum absolute atomic E-state index is 0.162. The number of carbonyl (C=O) groups is 1. The maximum atomic E-state index is 11.8. The molecule has 0 spiro atoms. The summed E-state index contributed by atoms with van der Waals surface area (Å²) in [7, 11) is 0. The van der Waals surface area contributed by atoms with Gasteiger partial charge < -0.3 is 10.1 Å². The van der Waals surface area contributed by atoms with Crippen LogP contribution in [-0.4, -0.2) is 67.6 Å². The Bertz CT molecular complexity index is 584. The number of hydrogen-bond donors (Lipinski definition) is 1. The molecule has 0 atom stereocenters. The number of nitrogens with zero attached hydrogens (tertiary/aromatic N) is 3. The highest BCUT2D eigenvalue weighted by molar-refractivity contribution is 5.78. The minimum atomic E-state index is 0.162. The van der Waals surface area contributed by atoms with Crippen LogP contribution in [0.3, 0.4) is 0 Å². The summed E-state index contributed by atoms with van der Waals surface area (Å²) in [6.45, 7) is 5.81. The highest BCUT2D eigenvalue weighted by Crippen LogP contribution is 2.18. The van der Waals surface area contributed by atoms with Crippen molar-refractivity contribution in [2.24, 2.45) is 0 Å². The van der Waals surface area contributed by atoms with Crippen molar-refractivity contribution in [3.05, 3.63) is 29.8 Å². The molecule has 0 aromatic heterocycles. The first-order valence-electron chi connectivity index (χ1n) is 8.60. The van der Waals surface area contributed by atoms with Gasteiger partial charge in [-0.25, -0.2) is 0 Å². The molecular weight excluding hydrogens is 304 g/mol. The summed E-state index contributed by atoms with van der Waals surface area (Å²) >= 11 is 0. The molecule has 3 rings (SSSR count). The topological polar surface area (TPSA) is 68.6 Å². The second kappa shape index (κ2) is 8.13. The Morgan fingerprint density at radius 2 is 1.83 bits per heavy atom. The van der Waals surface area contributed by atoms with Crippen LogP contribution < -0.4 is 10.1 Å². The fourth-order valence-electron chi connectivity index (χ4n) is 2.79. The van der Waals surface area contributed by atoms with E-state index in [9.17, 15) is 4.79 Å². The van der Waals surface area contributed by atoms with Crippen LogP contribution in [-0.2, 0) is 4.79 Å². The van der Waals surface area contributed by atoms with E-state index in [2.05, 4.69) is 21.2 Å². The maximum Gasteiger partial charge on any atom is 0.234 e. The summed E-state index contributed by atoms with van der Waals surface area (Å²) in [5.41, 5.74) is 0.643. The summed E-state index contributed by atoms with van der Waals surface area (Å²) < 4.78 is 5.72. The SMILES string of the molecule is N#Cc1ccc(OCCN2CCN(CC(=O)NC3CC3)CC2)cc1. The molecule has 1 aromatic carbocycles. The van der Waals surface area contributed by atoms with Gasteiger partial charge in [0, 0.05) is 38.8 Å². The second-order valence-corrected chi connectivity index (χ2v) is 6.44. The predicted molar refractivity (Wildman–Crippen MR) is 90.7 cm³/mol. The molecule has 1 aliphatic carbocycles. The highest BCUT2D eigenvalue weighted by atomic mass is 16.5. The molecule has 1 saturated carbocycles. The molecule has 1 aliphatic heterocycles. The number of carbonyl (C=O) groups excluding carboxylic acids is 1. The van der Waals surface area contributed by atoms with E-state index in [0.717, 1.165) is 51.3 Å². The van der Waals surface area contributed by atoms with Crippen LogP contribution in [0, 0.1) is 11.3 Å². The van der Waals surface area contributed by atoms with Crippen molar-refractivity contribution >= 4 is 5.91 Å².